The Morgan fingerprint density at radius 2 is 2.00 bits per heavy atom. The second-order valence-corrected chi connectivity index (χ2v) is 5.63. The second kappa shape index (κ2) is 6.43. The number of nitrogens with zero attached hydrogens (tertiary/aromatic N) is 1. The van der Waals surface area contributed by atoms with Crippen LogP contribution in [0.25, 0.3) is 10.9 Å². The van der Waals surface area contributed by atoms with E-state index in [1.165, 1.54) is 4.90 Å². The topological polar surface area (TPSA) is 65.2 Å². The maximum atomic E-state index is 12.3. The van der Waals surface area contributed by atoms with Crippen molar-refractivity contribution in [3.8, 4) is 0 Å². The normalized spacial score (nSPS) is 10.9. The van der Waals surface area contributed by atoms with Gasteiger partial charge in [-0.05, 0) is 18.1 Å². The van der Waals surface area contributed by atoms with Crippen LogP contribution < -0.4 is 5.32 Å². The molecule has 2 aromatic rings. The molecular formula is C16H21N3O2. The number of benzene rings is 1. The largest absolute Gasteiger partial charge is 0.354 e. The molecule has 1 aromatic heterocycles. The molecule has 1 heterocycles. The van der Waals surface area contributed by atoms with Gasteiger partial charge in [-0.2, -0.15) is 0 Å². The summed E-state index contributed by atoms with van der Waals surface area (Å²) in [5, 5.41) is 3.79. The highest BCUT2D eigenvalue weighted by Gasteiger charge is 2.16. The van der Waals surface area contributed by atoms with Crippen LogP contribution in [0.2, 0.25) is 0 Å². The van der Waals surface area contributed by atoms with Gasteiger partial charge in [0.1, 0.15) is 5.69 Å². The lowest BCUT2D eigenvalue weighted by atomic mass is 10.2. The summed E-state index contributed by atoms with van der Waals surface area (Å²) in [5.41, 5.74) is 1.41. The fourth-order valence-electron chi connectivity index (χ4n) is 2.06. The van der Waals surface area contributed by atoms with Crippen LogP contribution >= 0.6 is 0 Å². The number of rotatable bonds is 5. The van der Waals surface area contributed by atoms with Gasteiger partial charge < -0.3 is 15.2 Å². The van der Waals surface area contributed by atoms with Crippen LogP contribution in [0.4, 0.5) is 0 Å². The van der Waals surface area contributed by atoms with Gasteiger partial charge in [-0.25, -0.2) is 0 Å². The number of nitrogens with one attached hydrogen (secondary N) is 2. The second-order valence-electron chi connectivity index (χ2n) is 5.63. The molecule has 0 bridgehead atoms. The molecule has 0 spiro atoms. The molecule has 2 amide bonds. The Kier molecular flexibility index (Phi) is 4.62. The maximum absolute atomic E-state index is 12.3. The predicted octanol–water partition coefficient (Wildman–Crippen LogP) is 2.01. The molecule has 0 radical (unpaired) electrons. The number of carbonyl (C=O) groups is 2. The number of fused-ring (bicyclic) bond motifs is 1. The van der Waals surface area contributed by atoms with Crippen LogP contribution in [0.3, 0.4) is 0 Å². The molecule has 0 aliphatic heterocycles. The fourth-order valence-corrected chi connectivity index (χ4v) is 2.06. The van der Waals surface area contributed by atoms with E-state index in [4.69, 9.17) is 0 Å². The molecule has 2 N–H and O–H groups in total. The van der Waals surface area contributed by atoms with E-state index in [2.05, 4.69) is 10.3 Å². The van der Waals surface area contributed by atoms with Gasteiger partial charge in [-0.1, -0.05) is 32.0 Å². The Hall–Kier alpha value is -2.30. The Labute approximate surface area is 124 Å². The van der Waals surface area contributed by atoms with Crippen LogP contribution in [0.5, 0.6) is 0 Å². The van der Waals surface area contributed by atoms with E-state index >= 15 is 0 Å². The molecule has 21 heavy (non-hydrogen) atoms. The molecule has 0 aliphatic rings. The van der Waals surface area contributed by atoms with Gasteiger partial charge in [0, 0.05) is 24.5 Å². The summed E-state index contributed by atoms with van der Waals surface area (Å²) in [6, 6.07) is 9.50. The van der Waals surface area contributed by atoms with E-state index < -0.39 is 0 Å². The molecular weight excluding hydrogens is 266 g/mol. The number of likely N-dealkylation sites (N-methyl/N-ethyl adjacent to an activating group) is 1. The molecule has 2 rings (SSSR count). The Balaban J connectivity index is 2.00. The first-order valence-corrected chi connectivity index (χ1v) is 7.07. The van der Waals surface area contributed by atoms with Crippen molar-refractivity contribution < 1.29 is 9.59 Å². The van der Waals surface area contributed by atoms with Gasteiger partial charge in [0.05, 0.1) is 6.54 Å². The van der Waals surface area contributed by atoms with Crippen LogP contribution in [0.1, 0.15) is 24.3 Å². The number of carbonyl (C=O) groups excluding carboxylic acids is 2. The van der Waals surface area contributed by atoms with Gasteiger partial charge in [-0.15, -0.1) is 0 Å². The van der Waals surface area contributed by atoms with Crippen molar-refractivity contribution in [3.63, 3.8) is 0 Å². The SMILES string of the molecule is CC(C)CNC(=O)CN(C)C(=O)c1cc2ccccc2[nH]1. The predicted molar refractivity (Wildman–Crippen MR) is 83.1 cm³/mol. The van der Waals surface area contributed by atoms with Crippen molar-refractivity contribution in [2.75, 3.05) is 20.1 Å². The van der Waals surface area contributed by atoms with Gasteiger partial charge in [-0.3, -0.25) is 9.59 Å². The van der Waals surface area contributed by atoms with E-state index in [1.807, 2.05) is 38.1 Å². The first-order chi connectivity index (χ1) is 9.97. The zero-order chi connectivity index (χ0) is 15.4. The monoisotopic (exact) mass is 287 g/mol. The van der Waals surface area contributed by atoms with Crippen LogP contribution in [-0.4, -0.2) is 41.8 Å². The Morgan fingerprint density at radius 1 is 1.29 bits per heavy atom. The summed E-state index contributed by atoms with van der Waals surface area (Å²) >= 11 is 0. The standard InChI is InChI=1S/C16H21N3O2/c1-11(2)9-17-15(20)10-19(3)16(21)14-8-12-6-4-5-7-13(12)18-14/h4-8,11,18H,9-10H2,1-3H3,(H,17,20). The molecule has 0 saturated carbocycles. The average Bonchev–Trinajstić information content (AvgIpc) is 2.88. The summed E-state index contributed by atoms with van der Waals surface area (Å²) in [5.74, 6) is 0.0604. The minimum Gasteiger partial charge on any atom is -0.354 e. The lowest BCUT2D eigenvalue weighted by Crippen LogP contribution is -2.39. The molecule has 112 valence electrons. The lowest BCUT2D eigenvalue weighted by Gasteiger charge is -2.16. The van der Waals surface area contributed by atoms with Crippen molar-refractivity contribution in [2.24, 2.45) is 5.92 Å². The van der Waals surface area contributed by atoms with Crippen molar-refractivity contribution in [2.45, 2.75) is 13.8 Å². The van der Waals surface area contributed by atoms with Crippen LogP contribution in [0, 0.1) is 5.92 Å². The van der Waals surface area contributed by atoms with Crippen molar-refractivity contribution in [1.82, 2.24) is 15.2 Å². The lowest BCUT2D eigenvalue weighted by molar-refractivity contribution is -0.121. The summed E-state index contributed by atoms with van der Waals surface area (Å²) in [4.78, 5) is 28.5. The highest BCUT2D eigenvalue weighted by Crippen LogP contribution is 2.15. The minimum atomic E-state index is -0.189. The number of aromatic nitrogens is 1. The van der Waals surface area contributed by atoms with Crippen molar-refractivity contribution >= 4 is 22.7 Å². The number of aromatic amines is 1. The number of H-pyrrole nitrogens is 1. The summed E-state index contributed by atoms with van der Waals surface area (Å²) in [6.07, 6.45) is 0. The van der Waals surface area contributed by atoms with Crippen LogP contribution in [0.15, 0.2) is 30.3 Å². The van der Waals surface area contributed by atoms with E-state index in [0.717, 1.165) is 10.9 Å². The van der Waals surface area contributed by atoms with E-state index in [-0.39, 0.29) is 18.4 Å². The fraction of sp³-hybridized carbons (Fsp3) is 0.375. The van der Waals surface area contributed by atoms with E-state index in [1.54, 1.807) is 13.1 Å². The third-order valence-corrected chi connectivity index (χ3v) is 3.20. The highest BCUT2D eigenvalue weighted by atomic mass is 16.2. The Morgan fingerprint density at radius 3 is 2.67 bits per heavy atom. The number of para-hydroxylation sites is 1. The van der Waals surface area contributed by atoms with E-state index in [0.29, 0.717) is 18.2 Å². The average molecular weight is 287 g/mol. The Bertz CT molecular complexity index is 613. The summed E-state index contributed by atoms with van der Waals surface area (Å²) in [7, 11) is 1.63. The zero-order valence-electron chi connectivity index (χ0n) is 12.6. The molecule has 0 aliphatic carbocycles. The van der Waals surface area contributed by atoms with Gasteiger partial charge in [0.15, 0.2) is 0 Å². The third-order valence-electron chi connectivity index (χ3n) is 3.20. The van der Waals surface area contributed by atoms with Crippen molar-refractivity contribution in [3.05, 3.63) is 36.0 Å². The number of amides is 2. The van der Waals surface area contributed by atoms with Gasteiger partial charge in [0.25, 0.3) is 5.91 Å². The third kappa shape index (κ3) is 3.84. The van der Waals surface area contributed by atoms with Gasteiger partial charge in [0.2, 0.25) is 5.91 Å². The molecule has 0 atom stereocenters. The zero-order valence-corrected chi connectivity index (χ0v) is 12.6. The minimum absolute atomic E-state index is 0.0565. The summed E-state index contributed by atoms with van der Waals surface area (Å²) in [6.45, 7) is 4.73. The molecule has 0 saturated heterocycles. The molecule has 0 unspecified atom stereocenters. The molecule has 5 nitrogen and oxygen atoms in total. The smallest absolute Gasteiger partial charge is 0.270 e. The maximum Gasteiger partial charge on any atom is 0.270 e. The quantitative estimate of drug-likeness (QED) is 0.883. The first kappa shape index (κ1) is 15.1. The molecule has 0 fully saturated rings. The number of hydrogen-bond donors (Lipinski definition) is 2. The summed E-state index contributed by atoms with van der Waals surface area (Å²) < 4.78 is 0. The van der Waals surface area contributed by atoms with Gasteiger partial charge >= 0.3 is 0 Å². The van der Waals surface area contributed by atoms with Crippen molar-refractivity contribution in [1.29, 1.82) is 0 Å². The first-order valence-electron chi connectivity index (χ1n) is 7.07. The molecule has 1 aromatic carbocycles. The van der Waals surface area contributed by atoms with Crippen LogP contribution in [-0.2, 0) is 4.79 Å². The number of hydrogen-bond acceptors (Lipinski definition) is 2. The van der Waals surface area contributed by atoms with E-state index in [9.17, 15) is 9.59 Å². The highest BCUT2D eigenvalue weighted by molar-refractivity contribution is 5.99. The molecule has 5 heteroatoms.